The molecular weight excluding hydrogens is 403 g/mol. The minimum atomic E-state index is -4.36. The van der Waals surface area contributed by atoms with E-state index >= 15 is 0 Å². The molecule has 156 valence electrons. The Morgan fingerprint density at radius 3 is 2.10 bits per heavy atom. The number of carbonyl (C=O) groups excluding carboxylic acids is 1. The molecule has 3 rings (SSSR count). The highest BCUT2D eigenvalue weighted by atomic mass is 32.2. The summed E-state index contributed by atoms with van der Waals surface area (Å²) in [5.41, 5.74) is 1.12. The van der Waals surface area contributed by atoms with Gasteiger partial charge in [-0.15, -0.1) is 0 Å². The molecule has 1 saturated heterocycles. The molecule has 1 fully saturated rings. The minimum absolute atomic E-state index is 0.103. The summed E-state index contributed by atoms with van der Waals surface area (Å²) in [5, 5.41) is 0. The molecule has 0 spiro atoms. The van der Waals surface area contributed by atoms with E-state index in [1.807, 2.05) is 4.90 Å². The van der Waals surface area contributed by atoms with Crippen molar-refractivity contribution >= 4 is 21.3 Å². The maximum Gasteiger partial charge on any atom is 0.416 e. The zero-order valence-corrected chi connectivity index (χ0v) is 17.0. The summed E-state index contributed by atoms with van der Waals surface area (Å²) < 4.78 is 62.6. The first-order valence-corrected chi connectivity index (χ1v) is 11.1. The van der Waals surface area contributed by atoms with Crippen LogP contribution in [0.2, 0.25) is 0 Å². The summed E-state index contributed by atoms with van der Waals surface area (Å²) in [4.78, 5) is 13.8. The summed E-state index contributed by atoms with van der Waals surface area (Å²) in [6.45, 7) is 2.53. The Morgan fingerprint density at radius 2 is 1.62 bits per heavy atom. The molecule has 0 radical (unpaired) electrons. The van der Waals surface area contributed by atoms with Crippen LogP contribution in [0.4, 0.5) is 18.9 Å². The van der Waals surface area contributed by atoms with Crippen LogP contribution in [0.15, 0.2) is 47.4 Å². The van der Waals surface area contributed by atoms with E-state index in [0.717, 1.165) is 24.0 Å². The lowest BCUT2D eigenvalue weighted by Gasteiger charge is -2.35. The Morgan fingerprint density at radius 1 is 1.03 bits per heavy atom. The lowest BCUT2D eigenvalue weighted by Crippen LogP contribution is -2.34. The number of benzene rings is 2. The van der Waals surface area contributed by atoms with Gasteiger partial charge in [0, 0.05) is 24.9 Å². The second-order valence-electron chi connectivity index (χ2n) is 7.39. The Hall–Kier alpha value is -2.35. The number of carbonyl (C=O) groups is 1. The van der Waals surface area contributed by atoms with Gasteiger partial charge >= 0.3 is 6.18 Å². The molecule has 1 aliphatic heterocycles. The van der Waals surface area contributed by atoms with Crippen molar-refractivity contribution in [2.24, 2.45) is 0 Å². The van der Waals surface area contributed by atoms with Crippen molar-refractivity contribution in [3.63, 3.8) is 0 Å². The van der Waals surface area contributed by atoms with Crippen LogP contribution in [0, 0.1) is 0 Å². The van der Waals surface area contributed by atoms with Crippen molar-refractivity contribution in [2.45, 2.75) is 36.8 Å². The number of halogens is 3. The van der Waals surface area contributed by atoms with Gasteiger partial charge in [0.05, 0.1) is 16.1 Å². The number of piperidine rings is 1. The van der Waals surface area contributed by atoms with Crippen LogP contribution < -0.4 is 4.90 Å². The van der Waals surface area contributed by atoms with Crippen LogP contribution in [-0.2, 0) is 16.0 Å². The minimum Gasteiger partial charge on any atom is -0.370 e. The van der Waals surface area contributed by atoms with Crippen molar-refractivity contribution in [1.82, 2.24) is 0 Å². The summed E-state index contributed by atoms with van der Waals surface area (Å²) in [6, 6.07) is 9.81. The van der Waals surface area contributed by atoms with Crippen molar-refractivity contribution in [1.29, 1.82) is 0 Å². The first-order valence-electron chi connectivity index (χ1n) is 9.24. The summed E-state index contributed by atoms with van der Waals surface area (Å²) >= 11 is 0. The molecule has 1 heterocycles. The number of alkyl halides is 3. The molecule has 8 heteroatoms. The molecule has 0 amide bonds. The van der Waals surface area contributed by atoms with Gasteiger partial charge in [-0.2, -0.15) is 13.2 Å². The molecule has 4 nitrogen and oxygen atoms in total. The van der Waals surface area contributed by atoms with E-state index < -0.39 is 21.6 Å². The highest BCUT2D eigenvalue weighted by molar-refractivity contribution is 7.90. The Bertz CT molecular complexity index is 1010. The van der Waals surface area contributed by atoms with Crippen LogP contribution >= 0.6 is 0 Å². The third-order valence-electron chi connectivity index (χ3n) is 5.31. The number of sulfone groups is 1. The third kappa shape index (κ3) is 4.80. The largest absolute Gasteiger partial charge is 0.416 e. The molecule has 2 aromatic rings. The predicted octanol–water partition coefficient (Wildman–Crippen LogP) is 4.70. The number of nitrogens with zero attached hydrogens (tertiary/aromatic N) is 1. The molecule has 0 N–H and O–H groups in total. The van der Waals surface area contributed by atoms with E-state index in [-0.39, 0.29) is 16.6 Å². The molecule has 0 saturated carbocycles. The fraction of sp³-hybridized carbons (Fsp3) is 0.381. The molecule has 0 atom stereocenters. The standard InChI is InChI=1S/C21H22F3NO3S/c1-14(26)17-5-8-20(29(2,27)28)19(13-17)25-11-9-16(10-12-25)15-3-6-18(7-4-15)21(22,23)24/h3-8,13,16H,9-12H2,1-2H3. The zero-order valence-electron chi connectivity index (χ0n) is 16.2. The van der Waals surface area contributed by atoms with Gasteiger partial charge in [-0.25, -0.2) is 8.42 Å². The van der Waals surface area contributed by atoms with E-state index in [1.165, 1.54) is 31.2 Å². The van der Waals surface area contributed by atoms with E-state index in [0.29, 0.717) is 37.2 Å². The fourth-order valence-corrected chi connectivity index (χ4v) is 4.58. The topological polar surface area (TPSA) is 54.5 Å². The zero-order chi connectivity index (χ0) is 21.4. The van der Waals surface area contributed by atoms with Crippen LogP contribution in [0.5, 0.6) is 0 Å². The van der Waals surface area contributed by atoms with Crippen molar-refractivity contribution < 1.29 is 26.4 Å². The molecule has 29 heavy (non-hydrogen) atoms. The quantitative estimate of drug-likeness (QED) is 0.667. The molecule has 0 aromatic heterocycles. The van der Waals surface area contributed by atoms with E-state index in [9.17, 15) is 26.4 Å². The normalized spacial score (nSPS) is 16.1. The van der Waals surface area contributed by atoms with Crippen molar-refractivity contribution in [3.8, 4) is 0 Å². The fourth-order valence-electron chi connectivity index (χ4n) is 3.70. The second-order valence-corrected chi connectivity index (χ2v) is 9.38. The monoisotopic (exact) mass is 425 g/mol. The number of anilines is 1. The molecule has 0 bridgehead atoms. The van der Waals surface area contributed by atoms with E-state index in [2.05, 4.69) is 0 Å². The van der Waals surface area contributed by atoms with Crippen molar-refractivity contribution in [2.75, 3.05) is 24.2 Å². The molecule has 1 aliphatic rings. The second kappa shape index (κ2) is 7.82. The first-order chi connectivity index (χ1) is 13.5. The average molecular weight is 425 g/mol. The van der Waals surface area contributed by atoms with Gasteiger partial charge in [-0.3, -0.25) is 4.79 Å². The lowest BCUT2D eigenvalue weighted by molar-refractivity contribution is -0.137. The van der Waals surface area contributed by atoms with Crippen LogP contribution in [0.1, 0.15) is 47.2 Å². The number of hydrogen-bond acceptors (Lipinski definition) is 4. The van der Waals surface area contributed by atoms with Crippen LogP contribution in [-0.4, -0.2) is 33.5 Å². The Balaban J connectivity index is 1.80. The van der Waals surface area contributed by atoms with E-state index in [1.54, 1.807) is 6.07 Å². The van der Waals surface area contributed by atoms with Gasteiger partial charge in [-0.1, -0.05) is 12.1 Å². The molecule has 0 aliphatic carbocycles. The summed E-state index contributed by atoms with van der Waals surface area (Å²) in [6.07, 6.45) is -1.86. The lowest BCUT2D eigenvalue weighted by atomic mass is 9.88. The van der Waals surface area contributed by atoms with Gasteiger partial charge in [0.25, 0.3) is 0 Å². The number of rotatable bonds is 4. The van der Waals surface area contributed by atoms with Gasteiger partial charge in [0.2, 0.25) is 0 Å². The molecular formula is C21H22F3NO3S. The number of hydrogen-bond donors (Lipinski definition) is 0. The first kappa shape index (κ1) is 21.4. The molecule has 0 unspecified atom stereocenters. The Labute approximate surface area is 168 Å². The summed E-state index contributed by atoms with van der Waals surface area (Å²) in [5.74, 6) is -0.0443. The van der Waals surface area contributed by atoms with Crippen LogP contribution in [0.25, 0.3) is 0 Å². The van der Waals surface area contributed by atoms with Crippen molar-refractivity contribution in [3.05, 3.63) is 59.2 Å². The SMILES string of the molecule is CC(=O)c1ccc(S(C)(=O)=O)c(N2CCC(c3ccc(C(F)(F)F)cc3)CC2)c1. The van der Waals surface area contributed by atoms with Gasteiger partial charge in [0.1, 0.15) is 0 Å². The smallest absolute Gasteiger partial charge is 0.370 e. The average Bonchev–Trinajstić information content (AvgIpc) is 2.66. The van der Waals surface area contributed by atoms with E-state index in [4.69, 9.17) is 0 Å². The van der Waals surface area contributed by atoms with Crippen LogP contribution in [0.3, 0.4) is 0 Å². The van der Waals surface area contributed by atoms with Gasteiger partial charge in [0.15, 0.2) is 15.6 Å². The maximum absolute atomic E-state index is 12.7. The maximum atomic E-state index is 12.7. The van der Waals surface area contributed by atoms with Gasteiger partial charge in [-0.05, 0) is 61.6 Å². The number of Topliss-reactive ketones (excluding diaryl/α,β-unsaturated/α-hetero) is 1. The third-order valence-corrected chi connectivity index (χ3v) is 6.45. The van der Waals surface area contributed by atoms with Gasteiger partial charge < -0.3 is 4.90 Å². The number of ketones is 1. The Kier molecular flexibility index (Phi) is 5.76. The highest BCUT2D eigenvalue weighted by Gasteiger charge is 2.31. The molecule has 2 aromatic carbocycles. The predicted molar refractivity (Wildman–Crippen MR) is 105 cm³/mol. The summed E-state index contributed by atoms with van der Waals surface area (Å²) in [7, 11) is -3.47. The highest BCUT2D eigenvalue weighted by Crippen LogP contribution is 2.35.